The topological polar surface area (TPSA) is 54.0 Å². The van der Waals surface area contributed by atoms with Crippen LogP contribution in [0.1, 0.15) is 23.2 Å². The lowest BCUT2D eigenvalue weighted by molar-refractivity contribution is -0.197. The monoisotopic (exact) mass is 308 g/mol. The van der Waals surface area contributed by atoms with Gasteiger partial charge in [-0.15, -0.1) is 0 Å². The Bertz CT molecular complexity index is 461. The molecule has 122 valence electrons. The molecule has 0 saturated carbocycles. The average Bonchev–Trinajstić information content (AvgIpc) is 2.55. The van der Waals surface area contributed by atoms with Crippen LogP contribution in [0.2, 0.25) is 0 Å². The number of hydrogen-bond donors (Lipinski definition) is 0. The minimum absolute atomic E-state index is 0.0764. The van der Waals surface area contributed by atoms with E-state index in [2.05, 4.69) is 0 Å². The van der Waals surface area contributed by atoms with E-state index in [9.17, 15) is 4.79 Å². The maximum absolute atomic E-state index is 12.3. The minimum atomic E-state index is -0.234. The van der Waals surface area contributed by atoms with Crippen LogP contribution in [0.25, 0.3) is 0 Å². The van der Waals surface area contributed by atoms with Crippen LogP contribution in [0.3, 0.4) is 0 Å². The third-order valence-corrected chi connectivity index (χ3v) is 4.01. The summed E-state index contributed by atoms with van der Waals surface area (Å²) in [6, 6.07) is 9.27. The molecule has 0 aliphatic carbocycles. The van der Waals surface area contributed by atoms with Crippen molar-refractivity contribution in [2.24, 2.45) is 0 Å². The van der Waals surface area contributed by atoms with Crippen molar-refractivity contribution >= 4 is 5.78 Å². The van der Waals surface area contributed by atoms with Crippen LogP contribution in [0.5, 0.6) is 0 Å². The van der Waals surface area contributed by atoms with Gasteiger partial charge in [0, 0.05) is 39.7 Å². The number of rotatable bonds is 7. The Morgan fingerprint density at radius 2 is 1.91 bits per heavy atom. The predicted octanol–water partition coefficient (Wildman–Crippen LogP) is 2.09. The molecule has 1 fully saturated rings. The van der Waals surface area contributed by atoms with Crippen LogP contribution < -0.4 is 0 Å². The SMILES string of the molecule is COC[C@H]1O[C@H](CC(=O)c2ccccc2)C[C@@H](OC)[C@@H]1OC. The molecule has 5 heteroatoms. The van der Waals surface area contributed by atoms with Gasteiger partial charge in [-0.25, -0.2) is 0 Å². The summed E-state index contributed by atoms with van der Waals surface area (Å²) in [4.78, 5) is 12.3. The summed E-state index contributed by atoms with van der Waals surface area (Å²) >= 11 is 0. The van der Waals surface area contributed by atoms with Crippen LogP contribution in [0, 0.1) is 0 Å². The van der Waals surface area contributed by atoms with Gasteiger partial charge in [0.1, 0.15) is 12.2 Å². The highest BCUT2D eigenvalue weighted by Gasteiger charge is 2.39. The number of carbonyl (C=O) groups is 1. The second-order valence-corrected chi connectivity index (χ2v) is 5.46. The molecule has 0 unspecified atom stereocenters. The minimum Gasteiger partial charge on any atom is -0.382 e. The average molecular weight is 308 g/mol. The van der Waals surface area contributed by atoms with Crippen LogP contribution in [0.15, 0.2) is 30.3 Å². The first-order chi connectivity index (χ1) is 10.7. The van der Waals surface area contributed by atoms with Crippen LogP contribution in [0.4, 0.5) is 0 Å². The normalized spacial score (nSPS) is 28.5. The number of ketones is 1. The van der Waals surface area contributed by atoms with Gasteiger partial charge in [0.25, 0.3) is 0 Å². The molecular formula is C17H24O5. The fourth-order valence-corrected chi connectivity index (χ4v) is 2.93. The zero-order valence-electron chi connectivity index (χ0n) is 13.4. The lowest BCUT2D eigenvalue weighted by atomic mass is 9.93. The Labute approximate surface area is 131 Å². The third-order valence-electron chi connectivity index (χ3n) is 4.01. The summed E-state index contributed by atoms with van der Waals surface area (Å²) in [6.07, 6.45) is 0.251. The van der Waals surface area contributed by atoms with Gasteiger partial charge in [-0.05, 0) is 0 Å². The Morgan fingerprint density at radius 1 is 1.18 bits per heavy atom. The summed E-state index contributed by atoms with van der Waals surface area (Å²) in [7, 11) is 4.91. The second kappa shape index (κ2) is 8.39. The smallest absolute Gasteiger partial charge is 0.165 e. The van der Waals surface area contributed by atoms with Crippen molar-refractivity contribution in [2.45, 2.75) is 37.3 Å². The maximum atomic E-state index is 12.3. The van der Waals surface area contributed by atoms with Crippen molar-refractivity contribution in [2.75, 3.05) is 27.9 Å². The largest absolute Gasteiger partial charge is 0.382 e. The standard InChI is InChI=1S/C17H24O5/c1-19-11-16-17(21-3)15(20-2)10-13(22-16)9-14(18)12-7-5-4-6-8-12/h4-8,13,15-17H,9-11H2,1-3H3/t13-,15-,16-,17+/m1/s1. The highest BCUT2D eigenvalue weighted by molar-refractivity contribution is 5.96. The first kappa shape index (κ1) is 17.1. The number of methoxy groups -OCH3 is 3. The van der Waals surface area contributed by atoms with E-state index in [4.69, 9.17) is 18.9 Å². The molecule has 1 aliphatic heterocycles. The Morgan fingerprint density at radius 3 is 2.50 bits per heavy atom. The van der Waals surface area contributed by atoms with Gasteiger partial charge >= 0.3 is 0 Å². The highest BCUT2D eigenvalue weighted by Crippen LogP contribution is 2.27. The summed E-state index contributed by atoms with van der Waals surface area (Å²) in [5.74, 6) is 0.0764. The molecule has 22 heavy (non-hydrogen) atoms. The number of benzene rings is 1. The van der Waals surface area contributed by atoms with Crippen LogP contribution in [-0.2, 0) is 18.9 Å². The Hall–Kier alpha value is -1.27. The van der Waals surface area contributed by atoms with E-state index in [1.54, 1.807) is 21.3 Å². The first-order valence-corrected chi connectivity index (χ1v) is 7.47. The third kappa shape index (κ3) is 4.14. The summed E-state index contributed by atoms with van der Waals surface area (Å²) < 4.78 is 22.2. The van der Waals surface area contributed by atoms with E-state index in [0.29, 0.717) is 25.0 Å². The molecule has 0 bridgehead atoms. The number of Topliss-reactive ketones (excluding diaryl/α,β-unsaturated/α-hetero) is 1. The molecule has 1 aromatic carbocycles. The maximum Gasteiger partial charge on any atom is 0.165 e. The molecule has 1 aromatic rings. The molecule has 0 radical (unpaired) electrons. The van der Waals surface area contributed by atoms with Crippen LogP contribution >= 0.6 is 0 Å². The number of hydrogen-bond acceptors (Lipinski definition) is 5. The quantitative estimate of drug-likeness (QED) is 0.722. The van der Waals surface area contributed by atoms with E-state index < -0.39 is 0 Å². The van der Waals surface area contributed by atoms with Crippen molar-refractivity contribution in [1.29, 1.82) is 0 Å². The fraction of sp³-hybridized carbons (Fsp3) is 0.588. The highest BCUT2D eigenvalue weighted by atomic mass is 16.6. The molecule has 0 amide bonds. The van der Waals surface area contributed by atoms with E-state index in [0.717, 1.165) is 0 Å². The van der Waals surface area contributed by atoms with Crippen molar-refractivity contribution in [3.05, 3.63) is 35.9 Å². The second-order valence-electron chi connectivity index (χ2n) is 5.46. The Kier molecular flexibility index (Phi) is 6.51. The molecular weight excluding hydrogens is 284 g/mol. The number of ether oxygens (including phenoxy) is 4. The first-order valence-electron chi connectivity index (χ1n) is 7.47. The molecule has 5 nitrogen and oxygen atoms in total. The van der Waals surface area contributed by atoms with Crippen molar-refractivity contribution in [3.63, 3.8) is 0 Å². The number of carbonyl (C=O) groups excluding carboxylic acids is 1. The van der Waals surface area contributed by atoms with E-state index >= 15 is 0 Å². The lowest BCUT2D eigenvalue weighted by Crippen LogP contribution is -2.52. The molecule has 4 atom stereocenters. The van der Waals surface area contributed by atoms with Crippen LogP contribution in [-0.4, -0.2) is 58.1 Å². The van der Waals surface area contributed by atoms with E-state index in [-0.39, 0.29) is 30.2 Å². The van der Waals surface area contributed by atoms with Gasteiger partial charge in [0.2, 0.25) is 0 Å². The van der Waals surface area contributed by atoms with Crippen molar-refractivity contribution in [1.82, 2.24) is 0 Å². The molecule has 2 rings (SSSR count). The van der Waals surface area contributed by atoms with Gasteiger partial charge in [0.15, 0.2) is 5.78 Å². The molecule has 1 heterocycles. The lowest BCUT2D eigenvalue weighted by Gasteiger charge is -2.40. The molecule has 1 saturated heterocycles. The summed E-state index contributed by atoms with van der Waals surface area (Å²) in [6.45, 7) is 0.411. The van der Waals surface area contributed by atoms with Gasteiger partial charge in [0.05, 0.1) is 18.8 Å². The van der Waals surface area contributed by atoms with E-state index in [1.807, 2.05) is 30.3 Å². The van der Waals surface area contributed by atoms with Crippen molar-refractivity contribution in [3.8, 4) is 0 Å². The van der Waals surface area contributed by atoms with Gasteiger partial charge < -0.3 is 18.9 Å². The summed E-state index contributed by atoms with van der Waals surface area (Å²) in [5, 5.41) is 0. The van der Waals surface area contributed by atoms with Crippen molar-refractivity contribution < 1.29 is 23.7 Å². The van der Waals surface area contributed by atoms with Gasteiger partial charge in [-0.1, -0.05) is 30.3 Å². The van der Waals surface area contributed by atoms with Gasteiger partial charge in [-0.3, -0.25) is 4.79 Å². The predicted molar refractivity (Wildman–Crippen MR) is 82.1 cm³/mol. The summed E-state index contributed by atoms with van der Waals surface area (Å²) in [5.41, 5.74) is 0.706. The Balaban J connectivity index is 2.03. The molecule has 1 aliphatic rings. The zero-order valence-corrected chi connectivity index (χ0v) is 13.4. The van der Waals surface area contributed by atoms with E-state index in [1.165, 1.54) is 0 Å². The fourth-order valence-electron chi connectivity index (χ4n) is 2.93. The molecule has 0 spiro atoms. The zero-order chi connectivity index (χ0) is 15.9. The molecule has 0 aromatic heterocycles. The molecule has 0 N–H and O–H groups in total. The van der Waals surface area contributed by atoms with Gasteiger partial charge in [-0.2, -0.15) is 0 Å².